The maximum Gasteiger partial charge on any atom is 0.331 e. The van der Waals surface area contributed by atoms with Crippen LogP contribution in [0.1, 0.15) is 63.5 Å². The molecule has 0 fully saturated rings. The van der Waals surface area contributed by atoms with Crippen LogP contribution >= 0.6 is 0 Å². The SMILES string of the molecule is CC(C)c1cc(O)c2c(c1)OC(C)(C)[C@@H]1CC=C(C(=O)O)C[C@@H]21. The van der Waals surface area contributed by atoms with Crippen LogP contribution in [0.4, 0.5) is 0 Å². The van der Waals surface area contributed by atoms with Gasteiger partial charge in [-0.1, -0.05) is 19.9 Å². The highest BCUT2D eigenvalue weighted by molar-refractivity contribution is 5.87. The lowest BCUT2D eigenvalue weighted by atomic mass is 9.67. The number of carboxylic acid groups (broad SMARTS) is 1. The van der Waals surface area contributed by atoms with E-state index in [1.807, 2.05) is 19.9 Å². The second kappa shape index (κ2) is 5.29. The second-order valence-electron chi connectivity index (χ2n) is 7.50. The lowest BCUT2D eigenvalue weighted by molar-refractivity contribution is -0.133. The van der Waals surface area contributed by atoms with Gasteiger partial charge >= 0.3 is 5.97 Å². The van der Waals surface area contributed by atoms with Gasteiger partial charge in [-0.2, -0.15) is 0 Å². The van der Waals surface area contributed by atoms with Crippen molar-refractivity contribution in [1.29, 1.82) is 0 Å². The Bertz CT molecular complexity index is 685. The third-order valence-electron chi connectivity index (χ3n) is 5.26. The molecule has 0 bridgehead atoms. The number of aromatic hydroxyl groups is 1. The molecule has 0 radical (unpaired) electrons. The van der Waals surface area contributed by atoms with Crippen molar-refractivity contribution in [2.24, 2.45) is 5.92 Å². The van der Waals surface area contributed by atoms with Crippen LogP contribution in [0.2, 0.25) is 0 Å². The van der Waals surface area contributed by atoms with Gasteiger partial charge in [-0.15, -0.1) is 0 Å². The first kappa shape index (κ1) is 15.9. The summed E-state index contributed by atoms with van der Waals surface area (Å²) in [6, 6.07) is 3.79. The molecule has 23 heavy (non-hydrogen) atoms. The van der Waals surface area contributed by atoms with E-state index in [4.69, 9.17) is 4.74 Å². The van der Waals surface area contributed by atoms with Crippen LogP contribution in [0.15, 0.2) is 23.8 Å². The number of hydrogen-bond donors (Lipinski definition) is 2. The Morgan fingerprint density at radius 1 is 1.35 bits per heavy atom. The first-order chi connectivity index (χ1) is 10.7. The molecule has 0 spiro atoms. The lowest BCUT2D eigenvalue weighted by Gasteiger charge is -2.47. The zero-order valence-electron chi connectivity index (χ0n) is 14.1. The minimum Gasteiger partial charge on any atom is -0.508 e. The number of rotatable bonds is 2. The van der Waals surface area contributed by atoms with Crippen LogP contribution in [-0.2, 0) is 4.79 Å². The van der Waals surface area contributed by atoms with Gasteiger partial charge in [-0.25, -0.2) is 4.79 Å². The Kier molecular flexibility index (Phi) is 3.66. The zero-order valence-corrected chi connectivity index (χ0v) is 14.1. The van der Waals surface area contributed by atoms with E-state index in [0.29, 0.717) is 24.2 Å². The van der Waals surface area contributed by atoms with E-state index in [2.05, 4.69) is 13.8 Å². The number of carbonyl (C=O) groups is 1. The molecule has 1 aromatic rings. The number of benzene rings is 1. The van der Waals surface area contributed by atoms with Gasteiger partial charge in [0.2, 0.25) is 0 Å². The quantitative estimate of drug-likeness (QED) is 0.858. The first-order valence-corrected chi connectivity index (χ1v) is 8.19. The predicted octanol–water partition coefficient (Wildman–Crippen LogP) is 4.19. The summed E-state index contributed by atoms with van der Waals surface area (Å²) in [5.41, 5.74) is 1.84. The summed E-state index contributed by atoms with van der Waals surface area (Å²) in [5, 5.41) is 19.9. The van der Waals surface area contributed by atoms with E-state index in [0.717, 1.165) is 11.1 Å². The summed E-state index contributed by atoms with van der Waals surface area (Å²) in [5.74, 6) is 0.485. The average Bonchev–Trinajstić information content (AvgIpc) is 2.45. The summed E-state index contributed by atoms with van der Waals surface area (Å²) in [6.45, 7) is 8.24. The summed E-state index contributed by atoms with van der Waals surface area (Å²) in [4.78, 5) is 11.4. The molecule has 3 rings (SSSR count). The molecule has 2 atom stereocenters. The van der Waals surface area contributed by atoms with Gasteiger partial charge in [0.15, 0.2) is 0 Å². The molecule has 124 valence electrons. The molecule has 4 heteroatoms. The van der Waals surface area contributed by atoms with Gasteiger partial charge in [0.1, 0.15) is 17.1 Å². The molecule has 0 saturated heterocycles. The average molecular weight is 316 g/mol. The number of hydrogen-bond acceptors (Lipinski definition) is 3. The first-order valence-electron chi connectivity index (χ1n) is 8.19. The van der Waals surface area contributed by atoms with Crippen LogP contribution < -0.4 is 4.74 Å². The lowest BCUT2D eigenvalue weighted by Crippen LogP contribution is -2.45. The minimum absolute atomic E-state index is 0.0222. The molecule has 1 aliphatic carbocycles. The van der Waals surface area contributed by atoms with E-state index in [1.165, 1.54) is 0 Å². The van der Waals surface area contributed by atoms with Crippen molar-refractivity contribution in [3.8, 4) is 11.5 Å². The van der Waals surface area contributed by atoms with Gasteiger partial charge in [0, 0.05) is 23.0 Å². The van der Waals surface area contributed by atoms with E-state index >= 15 is 0 Å². The van der Waals surface area contributed by atoms with Crippen molar-refractivity contribution < 1.29 is 19.7 Å². The molecule has 2 N–H and O–H groups in total. The van der Waals surface area contributed by atoms with Crippen LogP contribution in [0.25, 0.3) is 0 Å². The van der Waals surface area contributed by atoms with Gasteiger partial charge < -0.3 is 14.9 Å². The highest BCUT2D eigenvalue weighted by Crippen LogP contribution is 2.54. The zero-order chi connectivity index (χ0) is 16.9. The molecular formula is C19H24O4. The predicted molar refractivity (Wildman–Crippen MR) is 88.1 cm³/mol. The number of phenolic OH excluding ortho intramolecular Hbond substituents is 1. The molecule has 1 aromatic carbocycles. The summed E-state index contributed by atoms with van der Waals surface area (Å²) < 4.78 is 6.22. The Balaban J connectivity index is 2.12. The molecule has 0 aromatic heterocycles. The van der Waals surface area contributed by atoms with Crippen LogP contribution in [0, 0.1) is 5.92 Å². The van der Waals surface area contributed by atoms with Gasteiger partial charge in [0.25, 0.3) is 0 Å². The molecule has 1 aliphatic heterocycles. The Morgan fingerprint density at radius 3 is 2.65 bits per heavy atom. The monoisotopic (exact) mass is 316 g/mol. The third kappa shape index (κ3) is 2.60. The molecule has 1 heterocycles. The standard InChI is InChI=1S/C19H24O4/c1-10(2)12-8-15(20)17-13-7-11(18(21)22)5-6-14(13)19(3,4)23-16(17)9-12/h5,8-10,13-14,20H,6-7H2,1-4H3,(H,21,22)/t13-,14-/m1/s1. The van der Waals surface area contributed by atoms with Crippen molar-refractivity contribution in [2.75, 3.05) is 0 Å². The molecule has 0 unspecified atom stereocenters. The van der Waals surface area contributed by atoms with Gasteiger partial charge in [0.05, 0.1) is 0 Å². The van der Waals surface area contributed by atoms with Crippen molar-refractivity contribution >= 4 is 5.97 Å². The van der Waals surface area contributed by atoms with E-state index in [-0.39, 0.29) is 29.1 Å². The normalized spacial score (nSPS) is 25.2. The molecule has 0 amide bonds. The highest BCUT2D eigenvalue weighted by atomic mass is 16.5. The van der Waals surface area contributed by atoms with E-state index < -0.39 is 5.97 Å². The Labute approximate surface area is 136 Å². The fourth-order valence-corrected chi connectivity index (χ4v) is 3.92. The number of aliphatic carboxylic acids is 1. The Hall–Kier alpha value is -1.97. The summed E-state index contributed by atoms with van der Waals surface area (Å²) in [7, 11) is 0. The maximum absolute atomic E-state index is 11.4. The van der Waals surface area contributed by atoms with Crippen molar-refractivity contribution in [3.63, 3.8) is 0 Å². The fraction of sp³-hybridized carbons (Fsp3) is 0.526. The third-order valence-corrected chi connectivity index (χ3v) is 5.26. The van der Waals surface area contributed by atoms with Crippen LogP contribution in [0.3, 0.4) is 0 Å². The van der Waals surface area contributed by atoms with Crippen molar-refractivity contribution in [2.45, 2.75) is 58.0 Å². The number of allylic oxidation sites excluding steroid dienone is 1. The molecular weight excluding hydrogens is 292 g/mol. The highest BCUT2D eigenvalue weighted by Gasteiger charge is 2.46. The number of fused-ring (bicyclic) bond motifs is 3. The number of ether oxygens (including phenoxy) is 1. The topological polar surface area (TPSA) is 66.8 Å². The van der Waals surface area contributed by atoms with Crippen molar-refractivity contribution in [3.05, 3.63) is 34.9 Å². The fourth-order valence-electron chi connectivity index (χ4n) is 3.92. The van der Waals surface area contributed by atoms with E-state index in [1.54, 1.807) is 12.1 Å². The van der Waals surface area contributed by atoms with Crippen molar-refractivity contribution in [1.82, 2.24) is 0 Å². The maximum atomic E-state index is 11.4. The number of phenols is 1. The minimum atomic E-state index is -0.868. The Morgan fingerprint density at radius 2 is 2.04 bits per heavy atom. The van der Waals surface area contributed by atoms with Gasteiger partial charge in [-0.05, 0) is 50.3 Å². The summed E-state index contributed by atoms with van der Waals surface area (Å²) in [6.07, 6.45) is 2.90. The molecule has 0 saturated carbocycles. The molecule has 2 aliphatic rings. The van der Waals surface area contributed by atoms with E-state index in [9.17, 15) is 15.0 Å². The summed E-state index contributed by atoms with van der Waals surface area (Å²) >= 11 is 0. The number of carboxylic acids is 1. The molecule has 4 nitrogen and oxygen atoms in total. The largest absolute Gasteiger partial charge is 0.508 e. The van der Waals surface area contributed by atoms with Crippen LogP contribution in [-0.4, -0.2) is 21.8 Å². The smallest absolute Gasteiger partial charge is 0.331 e. The second-order valence-corrected chi connectivity index (χ2v) is 7.50. The van der Waals surface area contributed by atoms with Crippen LogP contribution in [0.5, 0.6) is 11.5 Å². The van der Waals surface area contributed by atoms with Gasteiger partial charge in [-0.3, -0.25) is 0 Å².